The fraction of sp³-hybridized carbons (Fsp3) is 0.750. The molecule has 4 heteroatoms. The molecular formula is C8H13NO3. The van der Waals surface area contributed by atoms with Crippen molar-refractivity contribution in [3.05, 3.63) is 0 Å². The second kappa shape index (κ2) is 3.13. The van der Waals surface area contributed by atoms with Gasteiger partial charge in [-0.1, -0.05) is 13.8 Å². The average Bonchev–Trinajstić information content (AvgIpc) is 2.31. The van der Waals surface area contributed by atoms with Gasteiger partial charge >= 0.3 is 5.97 Å². The molecule has 0 aromatic carbocycles. The number of carbonyl (C=O) groups excluding carboxylic acids is 1. The maximum absolute atomic E-state index is 10.9. The standard InChI is InChI=1S/C8H13NO3/c1-4(2)7-5(8(11)12)3-6(10)9-7/h4-5,7H,3H2,1-2H3,(H,9,10)(H,11,12)/t5-,7+/m1/s1. The lowest BCUT2D eigenvalue weighted by Crippen LogP contribution is -2.36. The number of hydrogen-bond donors (Lipinski definition) is 2. The summed E-state index contributed by atoms with van der Waals surface area (Å²) in [6.07, 6.45) is 0.123. The molecule has 1 saturated heterocycles. The molecule has 0 saturated carbocycles. The van der Waals surface area contributed by atoms with E-state index in [1.807, 2.05) is 13.8 Å². The lowest BCUT2D eigenvalue weighted by Gasteiger charge is -2.18. The molecule has 4 nitrogen and oxygen atoms in total. The van der Waals surface area contributed by atoms with Crippen molar-refractivity contribution in [2.24, 2.45) is 11.8 Å². The number of carbonyl (C=O) groups is 2. The maximum atomic E-state index is 10.9. The molecule has 1 rings (SSSR count). The Labute approximate surface area is 71.0 Å². The number of amides is 1. The van der Waals surface area contributed by atoms with Gasteiger partial charge in [0.25, 0.3) is 0 Å². The summed E-state index contributed by atoms with van der Waals surface area (Å²) in [5, 5.41) is 11.4. The van der Waals surface area contributed by atoms with Gasteiger partial charge in [0.05, 0.1) is 5.92 Å². The topological polar surface area (TPSA) is 66.4 Å². The normalized spacial score (nSPS) is 29.1. The SMILES string of the molecule is CC(C)[C@@H]1NC(=O)C[C@H]1C(=O)O. The predicted molar refractivity (Wildman–Crippen MR) is 42.5 cm³/mol. The summed E-state index contributed by atoms with van der Waals surface area (Å²) >= 11 is 0. The molecule has 1 fully saturated rings. The molecule has 2 N–H and O–H groups in total. The van der Waals surface area contributed by atoms with Gasteiger partial charge in [-0.3, -0.25) is 9.59 Å². The second-order valence-electron chi connectivity index (χ2n) is 3.49. The van der Waals surface area contributed by atoms with Gasteiger partial charge in [-0.25, -0.2) is 0 Å². The van der Waals surface area contributed by atoms with Crippen LogP contribution in [0.1, 0.15) is 20.3 Å². The first-order valence-corrected chi connectivity index (χ1v) is 4.04. The lowest BCUT2D eigenvalue weighted by atomic mass is 9.92. The largest absolute Gasteiger partial charge is 0.481 e. The van der Waals surface area contributed by atoms with E-state index in [1.165, 1.54) is 0 Å². The zero-order valence-electron chi connectivity index (χ0n) is 7.20. The summed E-state index contributed by atoms with van der Waals surface area (Å²) in [7, 11) is 0. The lowest BCUT2D eigenvalue weighted by molar-refractivity contribution is -0.142. The maximum Gasteiger partial charge on any atom is 0.309 e. The van der Waals surface area contributed by atoms with Crippen molar-refractivity contribution in [1.82, 2.24) is 5.32 Å². The van der Waals surface area contributed by atoms with Crippen molar-refractivity contribution in [3.8, 4) is 0 Å². The average molecular weight is 171 g/mol. The van der Waals surface area contributed by atoms with E-state index in [1.54, 1.807) is 0 Å². The molecule has 2 atom stereocenters. The molecule has 0 aromatic rings. The summed E-state index contributed by atoms with van der Waals surface area (Å²) in [6, 6.07) is -0.199. The fourth-order valence-electron chi connectivity index (χ4n) is 1.54. The second-order valence-corrected chi connectivity index (χ2v) is 3.49. The number of nitrogens with one attached hydrogen (secondary N) is 1. The van der Waals surface area contributed by atoms with E-state index in [-0.39, 0.29) is 24.3 Å². The van der Waals surface area contributed by atoms with Crippen molar-refractivity contribution in [2.45, 2.75) is 26.3 Å². The summed E-state index contributed by atoms with van der Waals surface area (Å²) in [4.78, 5) is 21.6. The minimum atomic E-state index is -0.882. The number of hydrogen-bond acceptors (Lipinski definition) is 2. The molecule has 0 aliphatic carbocycles. The highest BCUT2D eigenvalue weighted by Crippen LogP contribution is 2.22. The number of carboxylic acids is 1. The highest BCUT2D eigenvalue weighted by molar-refractivity contribution is 5.86. The minimum absolute atomic E-state index is 0.123. The van der Waals surface area contributed by atoms with Crippen LogP contribution >= 0.6 is 0 Å². The summed E-state index contributed by atoms with van der Waals surface area (Å²) in [5.74, 6) is -1.40. The van der Waals surface area contributed by atoms with E-state index in [4.69, 9.17) is 5.11 Å². The third-order valence-corrected chi connectivity index (χ3v) is 2.20. The molecule has 0 bridgehead atoms. The Morgan fingerprint density at radius 3 is 2.58 bits per heavy atom. The minimum Gasteiger partial charge on any atom is -0.481 e. The molecule has 0 unspecified atom stereocenters. The van der Waals surface area contributed by atoms with E-state index in [0.717, 1.165) is 0 Å². The number of aliphatic carboxylic acids is 1. The van der Waals surface area contributed by atoms with Gasteiger partial charge in [-0.2, -0.15) is 0 Å². The molecule has 1 amide bonds. The van der Waals surface area contributed by atoms with Crippen LogP contribution in [0.15, 0.2) is 0 Å². The third kappa shape index (κ3) is 1.57. The smallest absolute Gasteiger partial charge is 0.309 e. The van der Waals surface area contributed by atoms with Crippen LogP contribution < -0.4 is 5.32 Å². The highest BCUT2D eigenvalue weighted by atomic mass is 16.4. The quantitative estimate of drug-likeness (QED) is 0.625. The molecule has 68 valence electrons. The Balaban J connectivity index is 2.72. The Kier molecular flexibility index (Phi) is 2.35. The van der Waals surface area contributed by atoms with Crippen molar-refractivity contribution in [2.75, 3.05) is 0 Å². The van der Waals surface area contributed by atoms with Crippen LogP contribution in [0.3, 0.4) is 0 Å². The van der Waals surface area contributed by atoms with Gasteiger partial charge in [-0.15, -0.1) is 0 Å². The van der Waals surface area contributed by atoms with E-state index >= 15 is 0 Å². The van der Waals surface area contributed by atoms with Crippen LogP contribution in [0, 0.1) is 11.8 Å². The van der Waals surface area contributed by atoms with Gasteiger partial charge in [0.1, 0.15) is 0 Å². The third-order valence-electron chi connectivity index (χ3n) is 2.20. The van der Waals surface area contributed by atoms with Gasteiger partial charge in [0, 0.05) is 12.5 Å². The number of carboxylic acid groups (broad SMARTS) is 1. The highest BCUT2D eigenvalue weighted by Gasteiger charge is 2.38. The Morgan fingerprint density at radius 1 is 1.67 bits per heavy atom. The monoisotopic (exact) mass is 171 g/mol. The fourth-order valence-corrected chi connectivity index (χ4v) is 1.54. The van der Waals surface area contributed by atoms with Crippen molar-refractivity contribution in [3.63, 3.8) is 0 Å². The summed E-state index contributed by atoms with van der Waals surface area (Å²) in [5.41, 5.74) is 0. The number of rotatable bonds is 2. The molecule has 1 aliphatic heterocycles. The molecule has 0 aromatic heterocycles. The molecule has 0 radical (unpaired) electrons. The van der Waals surface area contributed by atoms with Crippen LogP contribution in [0.4, 0.5) is 0 Å². The molecular weight excluding hydrogens is 158 g/mol. The molecule has 0 spiro atoms. The van der Waals surface area contributed by atoms with Crippen molar-refractivity contribution < 1.29 is 14.7 Å². The van der Waals surface area contributed by atoms with E-state index in [9.17, 15) is 9.59 Å². The Hall–Kier alpha value is -1.06. The van der Waals surface area contributed by atoms with E-state index < -0.39 is 11.9 Å². The first-order valence-electron chi connectivity index (χ1n) is 4.04. The van der Waals surface area contributed by atoms with Crippen LogP contribution in [-0.2, 0) is 9.59 Å². The molecule has 1 aliphatic rings. The Bertz CT molecular complexity index is 212. The van der Waals surface area contributed by atoms with Gasteiger partial charge in [0.2, 0.25) is 5.91 Å². The van der Waals surface area contributed by atoms with E-state index in [2.05, 4.69) is 5.32 Å². The van der Waals surface area contributed by atoms with Gasteiger partial charge in [-0.05, 0) is 5.92 Å². The van der Waals surface area contributed by atoms with Gasteiger partial charge in [0.15, 0.2) is 0 Å². The zero-order valence-corrected chi connectivity index (χ0v) is 7.20. The van der Waals surface area contributed by atoms with Crippen LogP contribution in [0.25, 0.3) is 0 Å². The van der Waals surface area contributed by atoms with Gasteiger partial charge < -0.3 is 10.4 Å². The molecule has 12 heavy (non-hydrogen) atoms. The summed E-state index contributed by atoms with van der Waals surface area (Å²) < 4.78 is 0. The predicted octanol–water partition coefficient (Wildman–Crippen LogP) is 0.232. The van der Waals surface area contributed by atoms with E-state index in [0.29, 0.717) is 0 Å². The van der Waals surface area contributed by atoms with Crippen LogP contribution in [0.2, 0.25) is 0 Å². The first kappa shape index (κ1) is 9.03. The van der Waals surface area contributed by atoms with Crippen LogP contribution in [0.5, 0.6) is 0 Å². The zero-order chi connectivity index (χ0) is 9.30. The van der Waals surface area contributed by atoms with Crippen molar-refractivity contribution in [1.29, 1.82) is 0 Å². The first-order chi connectivity index (χ1) is 5.52. The summed E-state index contributed by atoms with van der Waals surface area (Å²) in [6.45, 7) is 3.82. The Morgan fingerprint density at radius 2 is 2.25 bits per heavy atom. The van der Waals surface area contributed by atoms with Crippen molar-refractivity contribution >= 4 is 11.9 Å². The van der Waals surface area contributed by atoms with Crippen LogP contribution in [-0.4, -0.2) is 23.0 Å². The molecule has 1 heterocycles.